The van der Waals surface area contributed by atoms with Gasteiger partial charge in [-0.05, 0) is 54.8 Å². The van der Waals surface area contributed by atoms with Crippen LogP contribution < -0.4 is 4.74 Å². The Labute approximate surface area is 203 Å². The van der Waals surface area contributed by atoms with Crippen LogP contribution in [-0.4, -0.2) is 16.9 Å². The van der Waals surface area contributed by atoms with Crippen molar-refractivity contribution < 1.29 is 19.1 Å². The summed E-state index contributed by atoms with van der Waals surface area (Å²) in [6, 6.07) is 27.9. The fourth-order valence-electron chi connectivity index (χ4n) is 4.24. The molecule has 4 aromatic carbocycles. The minimum atomic E-state index is -0.467. The van der Waals surface area contributed by atoms with Crippen molar-refractivity contribution >= 4 is 33.7 Å². The number of rotatable bonds is 5. The van der Waals surface area contributed by atoms with Crippen LogP contribution in [0.5, 0.6) is 5.75 Å². The number of hydrogen-bond donors (Lipinski definition) is 0. The maximum Gasteiger partial charge on any atom is 0.344 e. The standard InChI is InChI=1S/C30H23NO4/c1-19-16-22(29(32)34-18-21-10-4-3-5-11-21)17-20(2)28(19)35-30(33)27-23-12-6-8-14-25(23)31-26-15-9-7-13-24(26)27/h3-17H,18H2,1-2H3. The van der Waals surface area contributed by atoms with E-state index in [1.807, 2.05) is 92.7 Å². The number of para-hydroxylation sites is 2. The minimum absolute atomic E-state index is 0.191. The predicted octanol–water partition coefficient (Wildman–Crippen LogP) is 6.58. The van der Waals surface area contributed by atoms with E-state index in [-0.39, 0.29) is 6.61 Å². The molecule has 0 amide bonds. The summed E-state index contributed by atoms with van der Waals surface area (Å²) < 4.78 is 11.4. The van der Waals surface area contributed by atoms with E-state index in [0.29, 0.717) is 28.0 Å². The zero-order valence-electron chi connectivity index (χ0n) is 19.4. The van der Waals surface area contributed by atoms with Crippen molar-refractivity contribution in [3.63, 3.8) is 0 Å². The summed E-state index contributed by atoms with van der Waals surface area (Å²) in [6.07, 6.45) is 0. The number of fused-ring (bicyclic) bond motifs is 2. The Morgan fingerprint density at radius 2 is 1.26 bits per heavy atom. The van der Waals surface area contributed by atoms with Crippen molar-refractivity contribution in [2.24, 2.45) is 0 Å². The lowest BCUT2D eigenvalue weighted by Gasteiger charge is -2.15. The van der Waals surface area contributed by atoms with Gasteiger partial charge >= 0.3 is 11.9 Å². The zero-order valence-corrected chi connectivity index (χ0v) is 19.4. The van der Waals surface area contributed by atoms with Crippen molar-refractivity contribution in [2.45, 2.75) is 20.5 Å². The summed E-state index contributed by atoms with van der Waals surface area (Å²) in [7, 11) is 0. The number of aryl methyl sites for hydroxylation is 2. The van der Waals surface area contributed by atoms with Gasteiger partial charge in [0.05, 0.1) is 22.2 Å². The highest BCUT2D eigenvalue weighted by Crippen LogP contribution is 2.30. The molecule has 172 valence electrons. The van der Waals surface area contributed by atoms with Crippen molar-refractivity contribution in [1.82, 2.24) is 4.98 Å². The second-order valence-corrected chi connectivity index (χ2v) is 8.41. The summed E-state index contributed by atoms with van der Waals surface area (Å²) in [4.78, 5) is 30.8. The molecule has 0 spiro atoms. The molecule has 0 unspecified atom stereocenters. The molecule has 0 N–H and O–H groups in total. The highest BCUT2D eigenvalue weighted by Gasteiger charge is 2.21. The van der Waals surface area contributed by atoms with Gasteiger partial charge in [0.25, 0.3) is 0 Å². The van der Waals surface area contributed by atoms with Crippen LogP contribution in [0.15, 0.2) is 91.0 Å². The SMILES string of the molecule is Cc1cc(C(=O)OCc2ccccc2)cc(C)c1OC(=O)c1c2ccccc2nc2ccccc12. The second-order valence-electron chi connectivity index (χ2n) is 8.41. The molecule has 5 aromatic rings. The molecule has 0 saturated carbocycles. The van der Waals surface area contributed by atoms with E-state index >= 15 is 0 Å². The molecule has 1 heterocycles. The number of carbonyl (C=O) groups is 2. The van der Waals surface area contributed by atoms with Crippen molar-refractivity contribution in [2.75, 3.05) is 0 Å². The van der Waals surface area contributed by atoms with E-state index < -0.39 is 11.9 Å². The molecular formula is C30H23NO4. The van der Waals surface area contributed by atoms with Gasteiger partial charge in [0, 0.05) is 10.8 Å². The summed E-state index contributed by atoms with van der Waals surface area (Å²) in [5.74, 6) is -0.464. The van der Waals surface area contributed by atoms with Gasteiger partial charge in [-0.25, -0.2) is 14.6 Å². The summed E-state index contributed by atoms with van der Waals surface area (Å²) in [5.41, 5.74) is 4.59. The predicted molar refractivity (Wildman–Crippen MR) is 136 cm³/mol. The molecule has 35 heavy (non-hydrogen) atoms. The Kier molecular flexibility index (Phi) is 5.98. The first kappa shape index (κ1) is 22.3. The Morgan fingerprint density at radius 3 is 1.86 bits per heavy atom. The fourth-order valence-corrected chi connectivity index (χ4v) is 4.24. The van der Waals surface area contributed by atoms with E-state index in [1.54, 1.807) is 12.1 Å². The maximum absolute atomic E-state index is 13.5. The van der Waals surface area contributed by atoms with Crippen LogP contribution in [0.4, 0.5) is 0 Å². The molecule has 0 radical (unpaired) electrons. The lowest BCUT2D eigenvalue weighted by molar-refractivity contribution is 0.0472. The quantitative estimate of drug-likeness (QED) is 0.168. The van der Waals surface area contributed by atoms with Crippen molar-refractivity contribution in [1.29, 1.82) is 0 Å². The Morgan fingerprint density at radius 1 is 0.714 bits per heavy atom. The lowest BCUT2D eigenvalue weighted by atomic mass is 10.0. The van der Waals surface area contributed by atoms with Crippen LogP contribution in [0.2, 0.25) is 0 Å². The first-order valence-corrected chi connectivity index (χ1v) is 11.3. The molecule has 0 saturated heterocycles. The molecule has 0 aliphatic rings. The third-order valence-electron chi connectivity index (χ3n) is 5.90. The minimum Gasteiger partial charge on any atom is -0.457 e. The monoisotopic (exact) mass is 461 g/mol. The zero-order chi connectivity index (χ0) is 24.4. The topological polar surface area (TPSA) is 65.5 Å². The number of aromatic nitrogens is 1. The van der Waals surface area contributed by atoms with Gasteiger partial charge in [0.2, 0.25) is 0 Å². The summed E-state index contributed by atoms with van der Waals surface area (Å²) in [6.45, 7) is 3.81. The van der Waals surface area contributed by atoms with Crippen LogP contribution in [-0.2, 0) is 11.3 Å². The Balaban J connectivity index is 1.44. The smallest absolute Gasteiger partial charge is 0.344 e. The van der Waals surface area contributed by atoms with Crippen molar-refractivity contribution in [3.8, 4) is 5.75 Å². The number of esters is 2. The number of carbonyl (C=O) groups excluding carboxylic acids is 2. The lowest BCUT2D eigenvalue weighted by Crippen LogP contribution is -2.13. The van der Waals surface area contributed by atoms with Crippen LogP contribution in [0.1, 0.15) is 37.4 Å². The van der Waals surface area contributed by atoms with Crippen LogP contribution in [0, 0.1) is 13.8 Å². The molecule has 1 aromatic heterocycles. The fraction of sp³-hybridized carbons (Fsp3) is 0.100. The highest BCUT2D eigenvalue weighted by atomic mass is 16.5. The van der Waals surface area contributed by atoms with E-state index in [9.17, 15) is 9.59 Å². The molecule has 5 nitrogen and oxygen atoms in total. The number of benzene rings is 4. The van der Waals surface area contributed by atoms with Crippen LogP contribution in [0.3, 0.4) is 0 Å². The van der Waals surface area contributed by atoms with Gasteiger partial charge in [-0.15, -0.1) is 0 Å². The molecule has 5 rings (SSSR count). The first-order valence-electron chi connectivity index (χ1n) is 11.3. The third-order valence-corrected chi connectivity index (χ3v) is 5.90. The molecule has 0 aliphatic carbocycles. The van der Waals surface area contributed by atoms with Crippen LogP contribution in [0.25, 0.3) is 21.8 Å². The first-order chi connectivity index (χ1) is 17.0. The highest BCUT2D eigenvalue weighted by molar-refractivity contribution is 6.14. The number of hydrogen-bond acceptors (Lipinski definition) is 5. The third kappa shape index (κ3) is 4.49. The number of ether oxygens (including phenoxy) is 2. The van der Waals surface area contributed by atoms with Gasteiger partial charge in [0.1, 0.15) is 12.4 Å². The van der Waals surface area contributed by atoms with Gasteiger partial charge in [-0.2, -0.15) is 0 Å². The van der Waals surface area contributed by atoms with E-state index in [0.717, 1.165) is 27.4 Å². The van der Waals surface area contributed by atoms with Crippen LogP contribution >= 0.6 is 0 Å². The molecule has 5 heteroatoms. The number of nitrogens with zero attached hydrogens (tertiary/aromatic N) is 1. The van der Waals surface area contributed by atoms with E-state index in [2.05, 4.69) is 4.98 Å². The number of pyridine rings is 1. The molecule has 0 bridgehead atoms. The Bertz CT molecular complexity index is 1500. The largest absolute Gasteiger partial charge is 0.457 e. The van der Waals surface area contributed by atoms with Gasteiger partial charge in [-0.1, -0.05) is 66.7 Å². The van der Waals surface area contributed by atoms with Gasteiger partial charge in [0.15, 0.2) is 0 Å². The van der Waals surface area contributed by atoms with Crippen molar-refractivity contribution in [3.05, 3.63) is 119 Å². The summed E-state index contributed by atoms with van der Waals surface area (Å²) in [5, 5.41) is 1.46. The molecule has 0 aliphatic heterocycles. The molecular weight excluding hydrogens is 438 g/mol. The molecule has 0 atom stereocenters. The normalized spacial score (nSPS) is 10.9. The molecule has 0 fully saturated rings. The van der Waals surface area contributed by atoms with Gasteiger partial charge in [-0.3, -0.25) is 0 Å². The maximum atomic E-state index is 13.5. The van der Waals surface area contributed by atoms with Gasteiger partial charge < -0.3 is 9.47 Å². The Hall–Kier alpha value is -4.51. The average Bonchev–Trinajstić information content (AvgIpc) is 2.88. The average molecular weight is 462 g/mol. The summed E-state index contributed by atoms with van der Waals surface area (Å²) >= 11 is 0. The van der Waals surface area contributed by atoms with E-state index in [1.165, 1.54) is 0 Å². The second kappa shape index (κ2) is 9.39. The van der Waals surface area contributed by atoms with E-state index in [4.69, 9.17) is 9.47 Å².